The first-order valence-corrected chi connectivity index (χ1v) is 8.71. The average molecular weight is 425 g/mol. The van der Waals surface area contributed by atoms with Crippen molar-refractivity contribution in [2.75, 3.05) is 11.1 Å². The second kappa shape index (κ2) is 6.69. The van der Waals surface area contributed by atoms with E-state index in [-0.39, 0.29) is 5.95 Å². The lowest BCUT2D eigenvalue weighted by Gasteiger charge is -2.11. The topological polar surface area (TPSA) is 130 Å². The molecule has 0 saturated carbocycles. The van der Waals surface area contributed by atoms with E-state index in [0.717, 1.165) is 10.2 Å². The van der Waals surface area contributed by atoms with Crippen LogP contribution in [-0.2, 0) is 0 Å². The highest BCUT2D eigenvalue weighted by molar-refractivity contribution is 9.10. The Morgan fingerprint density at radius 2 is 1.93 bits per heavy atom. The second-order valence-corrected chi connectivity index (χ2v) is 6.70. The molecule has 9 heteroatoms. The van der Waals surface area contributed by atoms with Crippen LogP contribution in [0.4, 0.5) is 17.5 Å². The number of nitrogens with zero attached hydrogens (tertiary/aromatic N) is 2. The van der Waals surface area contributed by atoms with Gasteiger partial charge in [0.25, 0.3) is 5.56 Å². The van der Waals surface area contributed by atoms with Gasteiger partial charge >= 0.3 is 5.69 Å². The minimum Gasteiger partial charge on any atom is -0.368 e. The molecule has 0 aliphatic heterocycles. The van der Waals surface area contributed by atoms with Gasteiger partial charge in [-0.1, -0.05) is 28.1 Å². The number of nitrogens with one attached hydrogen (secondary N) is 3. The summed E-state index contributed by atoms with van der Waals surface area (Å²) in [6.07, 6.45) is 1.38. The van der Waals surface area contributed by atoms with Gasteiger partial charge in [0.1, 0.15) is 5.82 Å². The lowest BCUT2D eigenvalue weighted by atomic mass is 10.1. The number of fused-ring (bicyclic) bond motifs is 1. The highest BCUT2D eigenvalue weighted by Crippen LogP contribution is 2.29. The van der Waals surface area contributed by atoms with Gasteiger partial charge < -0.3 is 16.0 Å². The van der Waals surface area contributed by atoms with Gasteiger partial charge in [-0.05, 0) is 35.9 Å². The van der Waals surface area contributed by atoms with Gasteiger partial charge in [-0.3, -0.25) is 9.78 Å². The monoisotopic (exact) mass is 424 g/mol. The molecule has 5 N–H and O–H groups in total. The molecule has 2 aromatic carbocycles. The molecule has 0 atom stereocenters. The summed E-state index contributed by atoms with van der Waals surface area (Å²) in [6, 6.07) is 12.9. The molecule has 0 aliphatic carbocycles. The van der Waals surface area contributed by atoms with E-state index < -0.39 is 11.2 Å². The normalized spacial score (nSPS) is 10.9. The number of nitrogen functional groups attached to an aromatic ring is 1. The van der Waals surface area contributed by atoms with Crippen molar-refractivity contribution in [3.05, 3.63) is 74.0 Å². The summed E-state index contributed by atoms with van der Waals surface area (Å²) in [5, 5.41) is 3.91. The van der Waals surface area contributed by atoms with Crippen LogP contribution in [0.2, 0.25) is 0 Å². The molecule has 0 saturated heterocycles. The smallest absolute Gasteiger partial charge is 0.325 e. The number of hydrogen-bond donors (Lipinski definition) is 4. The van der Waals surface area contributed by atoms with E-state index in [4.69, 9.17) is 5.73 Å². The van der Waals surface area contributed by atoms with Crippen LogP contribution in [0.1, 0.15) is 0 Å². The zero-order chi connectivity index (χ0) is 19.0. The lowest BCUT2D eigenvalue weighted by Crippen LogP contribution is -2.22. The third-order valence-electron chi connectivity index (χ3n) is 3.93. The first-order chi connectivity index (χ1) is 13.0. The van der Waals surface area contributed by atoms with Crippen molar-refractivity contribution in [2.24, 2.45) is 0 Å². The summed E-state index contributed by atoms with van der Waals surface area (Å²) in [5.41, 5.74) is 7.19. The Bertz CT molecular complexity index is 1280. The largest absolute Gasteiger partial charge is 0.368 e. The molecule has 2 aromatic heterocycles. The third-order valence-corrected chi connectivity index (χ3v) is 4.42. The predicted octanol–water partition coefficient (Wildman–Crippen LogP) is 2.76. The fraction of sp³-hybridized carbons (Fsp3) is 0. The Hall–Kier alpha value is -3.46. The van der Waals surface area contributed by atoms with Crippen molar-refractivity contribution in [3.8, 4) is 11.1 Å². The van der Waals surface area contributed by atoms with Crippen LogP contribution in [0.25, 0.3) is 22.0 Å². The van der Waals surface area contributed by atoms with Gasteiger partial charge in [-0.25, -0.2) is 9.78 Å². The van der Waals surface area contributed by atoms with Gasteiger partial charge in [-0.15, -0.1) is 0 Å². The van der Waals surface area contributed by atoms with E-state index in [2.05, 4.69) is 41.2 Å². The molecular formula is C18H13BrN6O2. The van der Waals surface area contributed by atoms with E-state index >= 15 is 0 Å². The highest BCUT2D eigenvalue weighted by atomic mass is 79.9. The van der Waals surface area contributed by atoms with Gasteiger partial charge in [0.05, 0.1) is 11.1 Å². The Balaban J connectivity index is 1.88. The summed E-state index contributed by atoms with van der Waals surface area (Å²) in [4.78, 5) is 36.6. The van der Waals surface area contributed by atoms with E-state index in [1.54, 1.807) is 18.2 Å². The maximum Gasteiger partial charge on any atom is 0.325 e. The zero-order valence-electron chi connectivity index (χ0n) is 13.8. The average Bonchev–Trinajstić information content (AvgIpc) is 2.61. The molecular weight excluding hydrogens is 412 g/mol. The number of anilines is 3. The molecule has 0 radical (unpaired) electrons. The van der Waals surface area contributed by atoms with Gasteiger partial charge in [0.2, 0.25) is 5.95 Å². The van der Waals surface area contributed by atoms with Gasteiger partial charge in [0, 0.05) is 21.7 Å². The third kappa shape index (κ3) is 3.44. The number of H-pyrrole nitrogens is 2. The fourth-order valence-electron chi connectivity index (χ4n) is 2.74. The van der Waals surface area contributed by atoms with Crippen molar-refractivity contribution in [1.82, 2.24) is 19.9 Å². The molecule has 134 valence electrons. The maximum absolute atomic E-state index is 12.1. The Morgan fingerprint density at radius 3 is 2.70 bits per heavy atom. The van der Waals surface area contributed by atoms with Crippen molar-refractivity contribution in [3.63, 3.8) is 0 Å². The van der Waals surface area contributed by atoms with E-state index in [0.29, 0.717) is 27.8 Å². The van der Waals surface area contributed by atoms with Crippen LogP contribution in [0.5, 0.6) is 0 Å². The Labute approximate surface area is 160 Å². The van der Waals surface area contributed by atoms with Gasteiger partial charge in [-0.2, -0.15) is 4.98 Å². The zero-order valence-corrected chi connectivity index (χ0v) is 15.4. The van der Waals surface area contributed by atoms with E-state index in [1.807, 2.05) is 24.3 Å². The van der Waals surface area contributed by atoms with Crippen LogP contribution in [0.15, 0.2) is 62.7 Å². The van der Waals surface area contributed by atoms with Crippen LogP contribution < -0.4 is 22.3 Å². The van der Waals surface area contributed by atoms with Crippen molar-refractivity contribution in [1.29, 1.82) is 0 Å². The molecule has 0 bridgehead atoms. The standard InChI is InChI=1S/C18H13BrN6O2/c19-10-2-1-3-11(7-10)22-15-12-6-9(4-5-14(12)23-17(20)24-15)13-8-21-18(27)25-16(13)26/h1-8H,(H3,20,22,23,24)(H2,21,25,26,27). The second-order valence-electron chi connectivity index (χ2n) is 5.78. The van der Waals surface area contributed by atoms with Crippen LogP contribution >= 0.6 is 15.9 Å². The van der Waals surface area contributed by atoms with E-state index in [1.165, 1.54) is 6.20 Å². The SMILES string of the molecule is Nc1nc(Nc2cccc(Br)c2)c2cc(-c3c[nH]c(=O)[nH]c3=O)ccc2n1. The molecule has 8 nitrogen and oxygen atoms in total. The highest BCUT2D eigenvalue weighted by Gasteiger charge is 2.11. The summed E-state index contributed by atoms with van der Waals surface area (Å²) in [6.45, 7) is 0. The van der Waals surface area contributed by atoms with Crippen molar-refractivity contribution < 1.29 is 0 Å². The summed E-state index contributed by atoms with van der Waals surface area (Å²) in [5.74, 6) is 0.646. The molecule has 0 aliphatic rings. The molecule has 2 heterocycles. The summed E-state index contributed by atoms with van der Waals surface area (Å²) in [7, 11) is 0. The van der Waals surface area contributed by atoms with Crippen molar-refractivity contribution >= 4 is 44.3 Å². The first kappa shape index (κ1) is 17.0. The number of halogens is 1. The molecule has 0 amide bonds. The quantitative estimate of drug-likeness (QED) is 0.400. The number of aromatic nitrogens is 4. The summed E-state index contributed by atoms with van der Waals surface area (Å²) >= 11 is 3.43. The predicted molar refractivity (Wildman–Crippen MR) is 108 cm³/mol. The first-order valence-electron chi connectivity index (χ1n) is 7.92. The Kier molecular flexibility index (Phi) is 4.21. The number of nitrogens with two attached hydrogens (primary N) is 1. The number of hydrogen-bond acceptors (Lipinski definition) is 6. The van der Waals surface area contributed by atoms with Crippen LogP contribution in [-0.4, -0.2) is 19.9 Å². The lowest BCUT2D eigenvalue weighted by molar-refractivity contribution is 1.04. The van der Waals surface area contributed by atoms with Crippen molar-refractivity contribution in [2.45, 2.75) is 0 Å². The maximum atomic E-state index is 12.1. The molecule has 4 rings (SSSR count). The fourth-order valence-corrected chi connectivity index (χ4v) is 3.14. The Morgan fingerprint density at radius 1 is 1.07 bits per heavy atom. The van der Waals surface area contributed by atoms with Crippen LogP contribution in [0, 0.1) is 0 Å². The molecule has 0 spiro atoms. The van der Waals surface area contributed by atoms with Gasteiger partial charge in [0.15, 0.2) is 0 Å². The number of benzene rings is 2. The van der Waals surface area contributed by atoms with Crippen LogP contribution in [0.3, 0.4) is 0 Å². The molecule has 4 aromatic rings. The number of rotatable bonds is 3. The molecule has 27 heavy (non-hydrogen) atoms. The number of aromatic amines is 2. The molecule has 0 unspecified atom stereocenters. The molecule has 0 fully saturated rings. The van der Waals surface area contributed by atoms with E-state index in [9.17, 15) is 9.59 Å². The summed E-state index contributed by atoms with van der Waals surface area (Å²) < 4.78 is 0.916. The minimum atomic E-state index is -0.558. The minimum absolute atomic E-state index is 0.134.